The molecule has 1 aliphatic carbocycles. The molecule has 1 fully saturated rings. The third-order valence-electron chi connectivity index (χ3n) is 3.05. The van der Waals surface area contributed by atoms with Gasteiger partial charge >= 0.3 is 0 Å². The van der Waals surface area contributed by atoms with Crippen molar-refractivity contribution < 1.29 is 0 Å². The molecule has 1 aromatic heterocycles. The van der Waals surface area contributed by atoms with Crippen molar-refractivity contribution in [3.8, 4) is 0 Å². The summed E-state index contributed by atoms with van der Waals surface area (Å²) in [5, 5.41) is 8.10. The van der Waals surface area contributed by atoms with Gasteiger partial charge in [-0.2, -0.15) is 5.10 Å². The maximum atomic E-state index is 4.61. The maximum absolute atomic E-state index is 4.61. The number of aryl methyl sites for hydroxylation is 1. The monoisotopic (exact) mass is 177 g/mol. The zero-order valence-corrected chi connectivity index (χ0v) is 8.01. The normalized spacial score (nSPS) is 21.0. The van der Waals surface area contributed by atoms with Gasteiger partial charge in [-0.05, 0) is 25.7 Å². The molecular weight excluding hydrogens is 162 g/mol. The van der Waals surface area contributed by atoms with E-state index in [2.05, 4.69) is 22.1 Å². The molecule has 3 heteroatoms. The third kappa shape index (κ3) is 1.06. The molecule has 2 heterocycles. The van der Waals surface area contributed by atoms with Crippen molar-refractivity contribution in [1.82, 2.24) is 9.78 Å². The Morgan fingerprint density at radius 1 is 1.46 bits per heavy atom. The molecule has 2 aliphatic rings. The summed E-state index contributed by atoms with van der Waals surface area (Å²) in [6.45, 7) is 1.12. The lowest BCUT2D eigenvalue weighted by Gasteiger charge is -2.14. The molecule has 0 spiro atoms. The largest absolute Gasteiger partial charge is 0.382 e. The molecule has 0 unspecified atom stereocenters. The minimum absolute atomic E-state index is 0.764. The van der Waals surface area contributed by atoms with Crippen LogP contribution in [-0.4, -0.2) is 16.3 Å². The van der Waals surface area contributed by atoms with Gasteiger partial charge in [0.1, 0.15) is 0 Å². The zero-order chi connectivity index (χ0) is 8.84. The lowest BCUT2D eigenvalue weighted by Crippen LogP contribution is -2.13. The molecule has 1 aromatic rings. The molecule has 0 amide bonds. The van der Waals surface area contributed by atoms with Crippen LogP contribution in [0.5, 0.6) is 0 Å². The first kappa shape index (κ1) is 7.42. The number of hydrogen-bond donors (Lipinski definition) is 1. The van der Waals surface area contributed by atoms with E-state index < -0.39 is 0 Å². The smallest absolute Gasteiger partial charge is 0.0889 e. The van der Waals surface area contributed by atoms with E-state index in [1.165, 1.54) is 42.8 Å². The van der Waals surface area contributed by atoms with Crippen molar-refractivity contribution in [2.75, 3.05) is 11.9 Å². The van der Waals surface area contributed by atoms with E-state index >= 15 is 0 Å². The van der Waals surface area contributed by atoms with Crippen LogP contribution in [0.15, 0.2) is 0 Å². The van der Waals surface area contributed by atoms with Gasteiger partial charge in [0.2, 0.25) is 0 Å². The summed E-state index contributed by atoms with van der Waals surface area (Å²) in [4.78, 5) is 0. The fourth-order valence-electron chi connectivity index (χ4n) is 2.17. The third-order valence-corrected chi connectivity index (χ3v) is 3.05. The maximum Gasteiger partial charge on any atom is 0.0889 e. The lowest BCUT2D eigenvalue weighted by molar-refractivity contribution is 0.675. The quantitative estimate of drug-likeness (QED) is 0.707. The minimum atomic E-state index is 0.764. The highest BCUT2D eigenvalue weighted by Gasteiger charge is 2.31. The highest BCUT2D eigenvalue weighted by molar-refractivity contribution is 5.56. The molecule has 3 nitrogen and oxygen atoms in total. The van der Waals surface area contributed by atoms with E-state index in [9.17, 15) is 0 Å². The fraction of sp³-hybridized carbons (Fsp3) is 0.700. The summed E-state index contributed by atoms with van der Waals surface area (Å²) >= 11 is 0. The first-order valence-electron chi connectivity index (χ1n) is 5.16. The Hall–Kier alpha value is -0.990. The number of rotatable bonds is 1. The number of anilines is 1. The number of hydrogen-bond acceptors (Lipinski definition) is 2. The Bertz CT molecular complexity index is 336. The number of nitrogens with one attached hydrogen (secondary N) is 1. The van der Waals surface area contributed by atoms with E-state index in [0.29, 0.717) is 0 Å². The molecular formula is C10H15N3. The number of nitrogens with zero attached hydrogens (tertiary/aromatic N) is 2. The summed E-state index contributed by atoms with van der Waals surface area (Å²) in [5.41, 5.74) is 4.10. The van der Waals surface area contributed by atoms with Gasteiger partial charge in [0.25, 0.3) is 0 Å². The van der Waals surface area contributed by atoms with Crippen LogP contribution >= 0.6 is 0 Å². The van der Waals surface area contributed by atoms with Gasteiger partial charge in [0.05, 0.1) is 17.1 Å². The Kier molecular flexibility index (Phi) is 1.43. The molecule has 0 saturated heterocycles. The van der Waals surface area contributed by atoms with Gasteiger partial charge < -0.3 is 5.32 Å². The topological polar surface area (TPSA) is 29.9 Å². The van der Waals surface area contributed by atoms with E-state index in [1.54, 1.807) is 0 Å². The van der Waals surface area contributed by atoms with E-state index in [0.717, 1.165) is 12.5 Å². The molecule has 1 aliphatic heterocycles. The average Bonchev–Trinajstić information content (AvgIpc) is 2.94. The second-order valence-electron chi connectivity index (χ2n) is 4.14. The van der Waals surface area contributed by atoms with Crippen molar-refractivity contribution in [1.29, 1.82) is 0 Å². The first-order valence-corrected chi connectivity index (χ1v) is 5.16. The summed E-state index contributed by atoms with van der Waals surface area (Å²) in [6.07, 6.45) is 5.12. The van der Waals surface area contributed by atoms with Crippen LogP contribution in [0.2, 0.25) is 0 Å². The van der Waals surface area contributed by atoms with Crippen LogP contribution < -0.4 is 5.32 Å². The standard InChI is InChI=1S/C10H15N3/c1-13-8-3-2-6-11-10(8)9(12-13)7-4-5-7/h7,11H,2-6H2,1H3. The van der Waals surface area contributed by atoms with Gasteiger partial charge in [0, 0.05) is 19.5 Å². The Morgan fingerprint density at radius 2 is 2.31 bits per heavy atom. The fourth-order valence-corrected chi connectivity index (χ4v) is 2.17. The molecule has 0 aromatic carbocycles. The van der Waals surface area contributed by atoms with Crippen molar-refractivity contribution in [3.05, 3.63) is 11.4 Å². The molecule has 0 atom stereocenters. The van der Waals surface area contributed by atoms with Crippen LogP contribution in [0.25, 0.3) is 0 Å². The van der Waals surface area contributed by atoms with Crippen LogP contribution in [-0.2, 0) is 13.5 Å². The van der Waals surface area contributed by atoms with Crippen molar-refractivity contribution in [2.45, 2.75) is 31.6 Å². The van der Waals surface area contributed by atoms with Gasteiger partial charge in [-0.3, -0.25) is 4.68 Å². The van der Waals surface area contributed by atoms with E-state index in [-0.39, 0.29) is 0 Å². The van der Waals surface area contributed by atoms with Crippen LogP contribution in [0, 0.1) is 0 Å². The van der Waals surface area contributed by atoms with E-state index in [1.807, 2.05) is 0 Å². The second kappa shape index (κ2) is 2.50. The molecule has 0 radical (unpaired) electrons. The second-order valence-corrected chi connectivity index (χ2v) is 4.14. The molecule has 70 valence electrons. The lowest BCUT2D eigenvalue weighted by atomic mass is 10.1. The van der Waals surface area contributed by atoms with Crippen LogP contribution in [0.4, 0.5) is 5.69 Å². The van der Waals surface area contributed by atoms with Gasteiger partial charge in [-0.1, -0.05) is 0 Å². The summed E-state index contributed by atoms with van der Waals surface area (Å²) in [5.74, 6) is 0.764. The molecule has 0 bridgehead atoms. The molecule has 1 N–H and O–H groups in total. The predicted molar refractivity (Wildman–Crippen MR) is 52.0 cm³/mol. The highest BCUT2D eigenvalue weighted by atomic mass is 15.3. The minimum Gasteiger partial charge on any atom is -0.382 e. The number of aromatic nitrogens is 2. The SMILES string of the molecule is Cn1nc(C2CC2)c2c1CCCN2. The first-order chi connectivity index (χ1) is 6.36. The van der Waals surface area contributed by atoms with Crippen molar-refractivity contribution in [3.63, 3.8) is 0 Å². The van der Waals surface area contributed by atoms with E-state index in [4.69, 9.17) is 0 Å². The Balaban J connectivity index is 2.09. The predicted octanol–water partition coefficient (Wildman–Crippen LogP) is 1.66. The van der Waals surface area contributed by atoms with Gasteiger partial charge in [0.15, 0.2) is 0 Å². The zero-order valence-electron chi connectivity index (χ0n) is 8.01. The Labute approximate surface area is 78.1 Å². The molecule has 3 rings (SSSR count). The van der Waals surface area contributed by atoms with Crippen molar-refractivity contribution >= 4 is 5.69 Å². The average molecular weight is 177 g/mol. The number of fused-ring (bicyclic) bond motifs is 1. The van der Waals surface area contributed by atoms with Crippen LogP contribution in [0.3, 0.4) is 0 Å². The molecule has 1 saturated carbocycles. The van der Waals surface area contributed by atoms with Gasteiger partial charge in [-0.25, -0.2) is 0 Å². The van der Waals surface area contributed by atoms with Crippen molar-refractivity contribution in [2.24, 2.45) is 7.05 Å². The van der Waals surface area contributed by atoms with Crippen LogP contribution in [0.1, 0.15) is 36.6 Å². The summed E-state index contributed by atoms with van der Waals surface area (Å²) in [6, 6.07) is 0. The van der Waals surface area contributed by atoms with Gasteiger partial charge in [-0.15, -0.1) is 0 Å². The highest BCUT2D eigenvalue weighted by Crippen LogP contribution is 2.44. The molecule has 13 heavy (non-hydrogen) atoms. The summed E-state index contributed by atoms with van der Waals surface area (Å²) in [7, 11) is 2.07. The summed E-state index contributed by atoms with van der Waals surface area (Å²) < 4.78 is 2.06. The Morgan fingerprint density at radius 3 is 3.08 bits per heavy atom.